The van der Waals surface area contributed by atoms with Crippen LogP contribution in [0.15, 0.2) is 11.1 Å². The Balaban J connectivity index is 2.52. The van der Waals surface area contributed by atoms with Crippen LogP contribution in [0.2, 0.25) is 0 Å². The van der Waals surface area contributed by atoms with Gasteiger partial charge in [0, 0.05) is 0 Å². The average molecular weight is 318 g/mol. The quantitative estimate of drug-likeness (QED) is 0.402. The van der Waals surface area contributed by atoms with Gasteiger partial charge >= 0.3 is 5.82 Å². The molecule has 0 unspecified atom stereocenters. The largest absolute Gasteiger partial charge is 0.410 e. The van der Waals surface area contributed by atoms with Gasteiger partial charge in [0.2, 0.25) is 14.9 Å². The van der Waals surface area contributed by atoms with E-state index in [0.29, 0.717) is 6.54 Å². The third kappa shape index (κ3) is 5.80. The van der Waals surface area contributed by atoms with Crippen LogP contribution < -0.4 is 5.14 Å². The van der Waals surface area contributed by atoms with Crippen LogP contribution in [0, 0.1) is 10.1 Å². The van der Waals surface area contributed by atoms with Gasteiger partial charge in [-0.05, 0) is 11.3 Å². The summed E-state index contributed by atoms with van der Waals surface area (Å²) in [4.78, 5) is 9.40. The lowest BCUT2D eigenvalue weighted by atomic mass is 10.1. The molecule has 0 radical (unpaired) electrons. The zero-order valence-electron chi connectivity index (χ0n) is 12.2. The van der Waals surface area contributed by atoms with E-state index in [1.807, 2.05) is 0 Å². The second-order valence-electron chi connectivity index (χ2n) is 5.00. The summed E-state index contributed by atoms with van der Waals surface area (Å²) >= 11 is 0. The molecule has 0 fully saturated rings. The summed E-state index contributed by atoms with van der Waals surface area (Å²) < 4.78 is 23.8. The van der Waals surface area contributed by atoms with E-state index in [9.17, 15) is 18.5 Å². The number of hydrogen-bond donors (Lipinski definition) is 1. The van der Waals surface area contributed by atoms with Crippen LogP contribution in [0.5, 0.6) is 0 Å². The van der Waals surface area contributed by atoms with E-state index in [1.165, 1.54) is 30.4 Å². The van der Waals surface area contributed by atoms with Gasteiger partial charge in [-0.15, -0.1) is 0 Å². The molecule has 1 rings (SSSR count). The Labute approximate surface area is 124 Å². The average Bonchev–Trinajstić information content (AvgIpc) is 2.82. The predicted molar refractivity (Wildman–Crippen MR) is 78.2 cm³/mol. The summed E-state index contributed by atoms with van der Waals surface area (Å²) in [6, 6.07) is 0. The molecule has 1 aromatic heterocycles. The molecule has 0 aliphatic rings. The first-order valence-electron chi connectivity index (χ1n) is 7.11. The fourth-order valence-corrected chi connectivity index (χ4v) is 2.70. The Kier molecular flexibility index (Phi) is 6.76. The van der Waals surface area contributed by atoms with Crippen molar-refractivity contribution in [1.82, 2.24) is 9.78 Å². The highest BCUT2D eigenvalue weighted by molar-refractivity contribution is 7.89. The first-order chi connectivity index (χ1) is 9.86. The molecule has 1 aromatic rings. The summed E-state index contributed by atoms with van der Waals surface area (Å²) in [6.45, 7) is 2.61. The molecule has 120 valence electrons. The van der Waals surface area contributed by atoms with Crippen molar-refractivity contribution in [3.05, 3.63) is 16.3 Å². The number of aryl methyl sites for hydroxylation is 1. The lowest BCUT2D eigenvalue weighted by molar-refractivity contribution is -0.392. The van der Waals surface area contributed by atoms with Crippen molar-refractivity contribution in [2.24, 2.45) is 5.14 Å². The van der Waals surface area contributed by atoms with Crippen LogP contribution in [-0.4, -0.2) is 23.1 Å². The molecule has 8 nitrogen and oxygen atoms in total. The number of hydrogen-bond acceptors (Lipinski definition) is 5. The number of nitrogens with two attached hydrogens (primary N) is 1. The van der Waals surface area contributed by atoms with Gasteiger partial charge in [0.05, 0.1) is 17.8 Å². The maximum atomic E-state index is 11.3. The topological polar surface area (TPSA) is 121 Å². The smallest absolute Gasteiger partial charge is 0.358 e. The van der Waals surface area contributed by atoms with E-state index in [2.05, 4.69) is 12.0 Å². The van der Waals surface area contributed by atoms with E-state index >= 15 is 0 Å². The standard InChI is InChI=1S/C12H22N4O4S/c1-2-3-4-5-6-7-8-9-15-10-11(21(13,19)20)12(14-15)16(17)18/h10H,2-9H2,1H3,(H2,13,19,20). The van der Waals surface area contributed by atoms with E-state index in [4.69, 9.17) is 5.14 Å². The van der Waals surface area contributed by atoms with Crippen LogP contribution in [0.4, 0.5) is 5.82 Å². The Morgan fingerprint density at radius 2 is 1.81 bits per heavy atom. The van der Waals surface area contributed by atoms with Gasteiger partial charge in [0.25, 0.3) is 0 Å². The Morgan fingerprint density at radius 3 is 2.29 bits per heavy atom. The molecule has 0 aliphatic heterocycles. The van der Waals surface area contributed by atoms with E-state index in [1.54, 1.807) is 0 Å². The Bertz CT molecular complexity index is 568. The molecule has 0 atom stereocenters. The minimum absolute atomic E-state index is 0.449. The lowest BCUT2D eigenvalue weighted by Crippen LogP contribution is -2.13. The summed E-state index contributed by atoms with van der Waals surface area (Å²) in [5.41, 5.74) is 0. The van der Waals surface area contributed by atoms with Gasteiger partial charge < -0.3 is 10.1 Å². The molecule has 1 heterocycles. The van der Waals surface area contributed by atoms with Gasteiger partial charge in [0.1, 0.15) is 0 Å². The SMILES string of the molecule is CCCCCCCCCn1cc(S(N)(=O)=O)c([N+](=O)[O-])n1. The van der Waals surface area contributed by atoms with E-state index in [-0.39, 0.29) is 0 Å². The predicted octanol–water partition coefficient (Wildman–Crippen LogP) is 2.19. The second kappa shape index (κ2) is 8.08. The molecule has 0 saturated carbocycles. The van der Waals surface area contributed by atoms with Gasteiger partial charge in [-0.25, -0.2) is 13.6 Å². The normalized spacial score (nSPS) is 11.7. The molecule has 0 spiro atoms. The van der Waals surface area contributed by atoms with Crippen molar-refractivity contribution in [3.8, 4) is 0 Å². The monoisotopic (exact) mass is 318 g/mol. The van der Waals surface area contributed by atoms with Crippen LogP contribution in [0.3, 0.4) is 0 Å². The Morgan fingerprint density at radius 1 is 1.24 bits per heavy atom. The highest BCUT2D eigenvalue weighted by atomic mass is 32.2. The van der Waals surface area contributed by atoms with Crippen molar-refractivity contribution in [3.63, 3.8) is 0 Å². The molecule has 0 bridgehead atoms. The van der Waals surface area contributed by atoms with Crippen molar-refractivity contribution < 1.29 is 13.3 Å². The van der Waals surface area contributed by atoms with Crippen LogP contribution in [0.1, 0.15) is 51.9 Å². The number of sulfonamides is 1. The highest BCUT2D eigenvalue weighted by Gasteiger charge is 2.28. The number of nitrogens with zero attached hydrogens (tertiary/aromatic N) is 3. The van der Waals surface area contributed by atoms with Crippen molar-refractivity contribution in [2.75, 3.05) is 0 Å². The highest BCUT2D eigenvalue weighted by Crippen LogP contribution is 2.20. The van der Waals surface area contributed by atoms with Crippen LogP contribution in [-0.2, 0) is 16.6 Å². The van der Waals surface area contributed by atoms with E-state index in [0.717, 1.165) is 25.5 Å². The van der Waals surface area contributed by atoms with Crippen LogP contribution >= 0.6 is 0 Å². The third-order valence-electron chi connectivity index (χ3n) is 3.18. The fourth-order valence-electron chi connectivity index (χ4n) is 2.07. The molecule has 0 amide bonds. The summed E-state index contributed by atoms with van der Waals surface area (Å²) in [5.74, 6) is -0.708. The summed E-state index contributed by atoms with van der Waals surface area (Å²) in [5, 5.41) is 19.4. The second-order valence-corrected chi connectivity index (χ2v) is 6.53. The van der Waals surface area contributed by atoms with Gasteiger partial charge in [-0.3, -0.25) is 0 Å². The van der Waals surface area contributed by atoms with Gasteiger partial charge in [0.15, 0.2) is 0 Å². The van der Waals surface area contributed by atoms with Crippen molar-refractivity contribution in [2.45, 2.75) is 63.3 Å². The van der Waals surface area contributed by atoms with Crippen molar-refractivity contribution in [1.29, 1.82) is 0 Å². The first-order valence-corrected chi connectivity index (χ1v) is 8.65. The fraction of sp³-hybridized carbons (Fsp3) is 0.750. The molecule has 0 saturated heterocycles. The van der Waals surface area contributed by atoms with Crippen molar-refractivity contribution >= 4 is 15.8 Å². The van der Waals surface area contributed by atoms with Gasteiger partial charge in [-0.2, -0.15) is 4.68 Å². The number of nitro groups is 1. The molecular weight excluding hydrogens is 296 g/mol. The minimum atomic E-state index is -4.13. The number of rotatable bonds is 10. The number of primary sulfonamides is 1. The van der Waals surface area contributed by atoms with Crippen LogP contribution in [0.25, 0.3) is 0 Å². The van der Waals surface area contributed by atoms with Gasteiger partial charge in [-0.1, -0.05) is 45.4 Å². The summed E-state index contributed by atoms with van der Waals surface area (Å²) in [7, 11) is -4.13. The molecule has 21 heavy (non-hydrogen) atoms. The molecule has 9 heteroatoms. The third-order valence-corrected chi connectivity index (χ3v) is 4.08. The zero-order chi connectivity index (χ0) is 15.9. The molecule has 0 aromatic carbocycles. The minimum Gasteiger partial charge on any atom is -0.358 e. The molecule has 0 aliphatic carbocycles. The lowest BCUT2D eigenvalue weighted by Gasteiger charge is -1.99. The first kappa shape index (κ1) is 17.6. The Hall–Kier alpha value is -1.48. The summed E-state index contributed by atoms with van der Waals surface area (Å²) in [6.07, 6.45) is 8.86. The number of unbranched alkanes of at least 4 members (excludes halogenated alkanes) is 6. The molecule has 2 N–H and O–H groups in total. The zero-order valence-corrected chi connectivity index (χ0v) is 13.0. The maximum absolute atomic E-state index is 11.3. The molecular formula is C12H22N4O4S. The maximum Gasteiger partial charge on any atom is 0.410 e. The van der Waals surface area contributed by atoms with E-state index < -0.39 is 25.7 Å². The number of aromatic nitrogens is 2.